The van der Waals surface area contributed by atoms with Crippen LogP contribution in [0.1, 0.15) is 49.4 Å². The second-order valence-electron chi connectivity index (χ2n) is 6.43. The van der Waals surface area contributed by atoms with Crippen LogP contribution in [0.2, 0.25) is 0 Å². The molecule has 3 rings (SSSR count). The molecule has 2 N–H and O–H groups in total. The maximum Gasteiger partial charge on any atom is 0.259 e. The number of nitrogens with zero attached hydrogens (tertiary/aromatic N) is 1. The highest BCUT2D eigenvalue weighted by molar-refractivity contribution is 7.98. The van der Waals surface area contributed by atoms with Crippen LogP contribution < -0.4 is 10.9 Å². The molecule has 130 valence electrons. The fourth-order valence-electron chi connectivity index (χ4n) is 3.00. The highest BCUT2D eigenvalue weighted by Gasteiger charge is 2.19. The molecule has 2 aromatic rings. The Labute approximate surface area is 149 Å². The average Bonchev–Trinajstić information content (AvgIpc) is 2.89. The molecule has 0 saturated carbocycles. The number of hydrogen-bond donors (Lipinski definition) is 2. The van der Waals surface area contributed by atoms with E-state index in [2.05, 4.69) is 15.3 Å². The van der Waals surface area contributed by atoms with Crippen LogP contribution in [0.5, 0.6) is 0 Å². The zero-order valence-electron chi connectivity index (χ0n) is 14.1. The molecule has 0 aliphatic heterocycles. The molecule has 0 saturated heterocycles. The summed E-state index contributed by atoms with van der Waals surface area (Å²) in [6.07, 6.45) is 4.93. The monoisotopic (exact) mass is 365 g/mol. The third kappa shape index (κ3) is 4.00. The zero-order chi connectivity index (χ0) is 17.1. The van der Waals surface area contributed by atoms with Gasteiger partial charge in [0.05, 0.1) is 11.1 Å². The van der Waals surface area contributed by atoms with Crippen LogP contribution in [0.3, 0.4) is 0 Å². The zero-order valence-corrected chi connectivity index (χ0v) is 15.7. The van der Waals surface area contributed by atoms with Gasteiger partial charge in [0.15, 0.2) is 0 Å². The van der Waals surface area contributed by atoms with Gasteiger partial charge in [0.1, 0.15) is 10.7 Å². The molecule has 1 amide bonds. The Morgan fingerprint density at radius 3 is 2.96 bits per heavy atom. The summed E-state index contributed by atoms with van der Waals surface area (Å²) in [5.41, 5.74) is 1.21. The van der Waals surface area contributed by atoms with E-state index in [9.17, 15) is 9.59 Å². The standard InChI is InChI=1S/C17H23N3O2S2/c1-10(2)18-14(21)7-8-23-9-13-19-16(22)15-11-5-3-4-6-12(11)24-17(15)20-13/h10H,3-9H2,1-2H3,(H,18,21)(H,19,20,22). The Balaban J connectivity index is 1.64. The van der Waals surface area contributed by atoms with E-state index in [1.54, 1.807) is 23.1 Å². The number of aryl methyl sites for hydroxylation is 2. The Morgan fingerprint density at radius 2 is 2.17 bits per heavy atom. The number of thiophene rings is 1. The summed E-state index contributed by atoms with van der Waals surface area (Å²) in [7, 11) is 0. The lowest BCUT2D eigenvalue weighted by molar-refractivity contribution is -0.121. The minimum absolute atomic E-state index is 0.00690. The molecule has 0 unspecified atom stereocenters. The van der Waals surface area contributed by atoms with Crippen LogP contribution in [0, 0.1) is 0 Å². The van der Waals surface area contributed by atoms with Gasteiger partial charge in [0.2, 0.25) is 5.91 Å². The van der Waals surface area contributed by atoms with E-state index >= 15 is 0 Å². The first-order valence-electron chi connectivity index (χ1n) is 8.45. The number of carbonyl (C=O) groups is 1. The molecule has 1 aliphatic rings. The molecule has 7 heteroatoms. The van der Waals surface area contributed by atoms with Crippen LogP contribution in [0.4, 0.5) is 0 Å². The second-order valence-corrected chi connectivity index (χ2v) is 8.62. The summed E-state index contributed by atoms with van der Waals surface area (Å²) in [6.45, 7) is 3.91. The van der Waals surface area contributed by atoms with Crippen molar-refractivity contribution in [2.45, 2.75) is 57.7 Å². The number of thioether (sulfide) groups is 1. The normalized spacial score (nSPS) is 14.1. The molecule has 0 atom stereocenters. The molecular weight excluding hydrogens is 342 g/mol. The van der Waals surface area contributed by atoms with E-state index in [1.807, 2.05) is 13.8 Å². The molecule has 0 aromatic carbocycles. The van der Waals surface area contributed by atoms with Crippen molar-refractivity contribution in [2.24, 2.45) is 0 Å². The van der Waals surface area contributed by atoms with Crippen LogP contribution >= 0.6 is 23.1 Å². The molecule has 0 spiro atoms. The van der Waals surface area contributed by atoms with Crippen molar-refractivity contribution in [3.8, 4) is 0 Å². The Morgan fingerprint density at radius 1 is 1.38 bits per heavy atom. The van der Waals surface area contributed by atoms with Crippen LogP contribution in [0.15, 0.2) is 4.79 Å². The van der Waals surface area contributed by atoms with Crippen molar-refractivity contribution in [3.05, 3.63) is 26.6 Å². The number of fused-ring (bicyclic) bond motifs is 3. The molecule has 5 nitrogen and oxygen atoms in total. The number of H-pyrrole nitrogens is 1. The van der Waals surface area contributed by atoms with Crippen molar-refractivity contribution in [1.29, 1.82) is 0 Å². The van der Waals surface area contributed by atoms with Crippen molar-refractivity contribution in [1.82, 2.24) is 15.3 Å². The van der Waals surface area contributed by atoms with E-state index in [-0.39, 0.29) is 17.5 Å². The Kier molecular flexibility index (Phi) is 5.61. The first-order valence-corrected chi connectivity index (χ1v) is 10.4. The van der Waals surface area contributed by atoms with Crippen LogP contribution in [-0.4, -0.2) is 27.7 Å². The van der Waals surface area contributed by atoms with Gasteiger partial charge >= 0.3 is 0 Å². The number of amides is 1. The first kappa shape index (κ1) is 17.5. The van der Waals surface area contributed by atoms with Gasteiger partial charge in [-0.1, -0.05) is 0 Å². The number of aromatic nitrogens is 2. The summed E-state index contributed by atoms with van der Waals surface area (Å²) in [5, 5.41) is 3.68. The largest absolute Gasteiger partial charge is 0.354 e. The molecule has 24 heavy (non-hydrogen) atoms. The van der Waals surface area contributed by atoms with Crippen LogP contribution in [-0.2, 0) is 23.4 Å². The van der Waals surface area contributed by atoms with Crippen molar-refractivity contribution >= 4 is 39.2 Å². The second kappa shape index (κ2) is 7.70. The van der Waals surface area contributed by atoms with Crippen molar-refractivity contribution < 1.29 is 4.79 Å². The summed E-state index contributed by atoms with van der Waals surface area (Å²) < 4.78 is 0. The highest BCUT2D eigenvalue weighted by Crippen LogP contribution is 2.33. The summed E-state index contributed by atoms with van der Waals surface area (Å²) >= 11 is 3.30. The first-order chi connectivity index (χ1) is 11.5. The van der Waals surface area contributed by atoms with Gasteiger partial charge in [0.25, 0.3) is 5.56 Å². The fraction of sp³-hybridized carbons (Fsp3) is 0.588. The molecule has 0 fully saturated rings. The number of aromatic amines is 1. The summed E-state index contributed by atoms with van der Waals surface area (Å²) in [5.74, 6) is 2.13. The van der Waals surface area contributed by atoms with Gasteiger partial charge < -0.3 is 10.3 Å². The summed E-state index contributed by atoms with van der Waals surface area (Å²) in [6, 6.07) is 0.174. The Hall–Kier alpha value is -1.34. The third-order valence-electron chi connectivity index (χ3n) is 4.04. The fourth-order valence-corrected chi connectivity index (χ4v) is 5.09. The van der Waals surface area contributed by atoms with E-state index in [1.165, 1.54) is 16.9 Å². The lowest BCUT2D eigenvalue weighted by atomic mass is 9.97. The minimum Gasteiger partial charge on any atom is -0.354 e. The lowest BCUT2D eigenvalue weighted by Gasteiger charge is -2.09. The molecule has 0 bridgehead atoms. The predicted molar refractivity (Wildman–Crippen MR) is 101 cm³/mol. The molecule has 1 aliphatic carbocycles. The van der Waals surface area contributed by atoms with Gasteiger partial charge in [0, 0.05) is 23.1 Å². The SMILES string of the molecule is CC(C)NC(=O)CCSCc1nc2sc3c(c2c(=O)[nH]1)CCCC3. The lowest BCUT2D eigenvalue weighted by Crippen LogP contribution is -2.30. The smallest absolute Gasteiger partial charge is 0.259 e. The van der Waals surface area contributed by atoms with Gasteiger partial charge in [-0.05, 0) is 45.1 Å². The third-order valence-corrected chi connectivity index (χ3v) is 6.19. The topological polar surface area (TPSA) is 74.8 Å². The number of nitrogens with one attached hydrogen (secondary N) is 2. The summed E-state index contributed by atoms with van der Waals surface area (Å²) in [4.78, 5) is 33.8. The van der Waals surface area contributed by atoms with E-state index < -0.39 is 0 Å². The Bertz CT molecular complexity index is 795. The molecule has 0 radical (unpaired) electrons. The number of hydrogen-bond acceptors (Lipinski definition) is 5. The van der Waals surface area contributed by atoms with Gasteiger partial charge in [-0.25, -0.2) is 4.98 Å². The molecule has 2 heterocycles. The van der Waals surface area contributed by atoms with E-state index in [0.29, 0.717) is 18.0 Å². The van der Waals surface area contributed by atoms with E-state index in [4.69, 9.17) is 0 Å². The average molecular weight is 366 g/mol. The van der Waals surface area contributed by atoms with Gasteiger partial charge in [-0.15, -0.1) is 11.3 Å². The minimum atomic E-state index is -0.00690. The van der Waals surface area contributed by atoms with Crippen LogP contribution in [0.25, 0.3) is 10.2 Å². The van der Waals surface area contributed by atoms with E-state index in [0.717, 1.165) is 35.2 Å². The maximum atomic E-state index is 12.4. The number of carbonyl (C=O) groups excluding carboxylic acids is 1. The van der Waals surface area contributed by atoms with Crippen molar-refractivity contribution in [3.63, 3.8) is 0 Å². The number of rotatable bonds is 6. The predicted octanol–water partition coefficient (Wildman–Crippen LogP) is 3.01. The van der Waals surface area contributed by atoms with Crippen molar-refractivity contribution in [2.75, 3.05) is 5.75 Å². The quantitative estimate of drug-likeness (QED) is 0.772. The highest BCUT2D eigenvalue weighted by atomic mass is 32.2. The molecular formula is C17H23N3O2S2. The molecule has 2 aromatic heterocycles. The van der Waals surface area contributed by atoms with Gasteiger partial charge in [-0.3, -0.25) is 9.59 Å². The maximum absolute atomic E-state index is 12.4. The van der Waals surface area contributed by atoms with Gasteiger partial charge in [-0.2, -0.15) is 11.8 Å².